The van der Waals surface area contributed by atoms with Crippen LogP contribution in [-0.2, 0) is 4.79 Å². The van der Waals surface area contributed by atoms with E-state index in [9.17, 15) is 4.79 Å². The molecular weight excluding hydrogens is 308 g/mol. The summed E-state index contributed by atoms with van der Waals surface area (Å²) in [7, 11) is 0. The molecule has 4 nitrogen and oxygen atoms in total. The van der Waals surface area contributed by atoms with Crippen LogP contribution in [-0.4, -0.2) is 17.5 Å². The van der Waals surface area contributed by atoms with Crippen molar-refractivity contribution in [3.8, 4) is 27.6 Å². The van der Waals surface area contributed by atoms with E-state index in [1.165, 1.54) is 0 Å². The summed E-state index contributed by atoms with van der Waals surface area (Å²) in [5.74, 6) is 0.615. The van der Waals surface area contributed by atoms with Crippen molar-refractivity contribution in [2.24, 2.45) is 0 Å². The number of fused-ring (bicyclic) bond motifs is 1. The molecule has 0 saturated carbocycles. The van der Waals surface area contributed by atoms with Gasteiger partial charge in [-0.25, -0.2) is 4.98 Å². The van der Waals surface area contributed by atoms with E-state index in [1.54, 1.807) is 11.3 Å². The quantitative estimate of drug-likeness (QED) is 0.772. The molecule has 0 fully saturated rings. The van der Waals surface area contributed by atoms with Gasteiger partial charge in [0, 0.05) is 16.5 Å². The van der Waals surface area contributed by atoms with Gasteiger partial charge in [0.15, 0.2) is 6.61 Å². The monoisotopic (exact) mass is 322 g/mol. The Balaban J connectivity index is 1.74. The summed E-state index contributed by atoms with van der Waals surface area (Å²) in [5.41, 5.74) is 4.69. The summed E-state index contributed by atoms with van der Waals surface area (Å²) in [6.07, 6.45) is 0. The minimum Gasteiger partial charge on any atom is -0.481 e. The second kappa shape index (κ2) is 5.52. The van der Waals surface area contributed by atoms with Crippen LogP contribution in [0.25, 0.3) is 21.8 Å². The lowest BCUT2D eigenvalue weighted by Gasteiger charge is -2.20. The van der Waals surface area contributed by atoms with Crippen molar-refractivity contribution in [1.29, 1.82) is 0 Å². The summed E-state index contributed by atoms with van der Waals surface area (Å²) < 4.78 is 5.50. The number of nitrogens with zero attached hydrogens (tertiary/aromatic N) is 1. The van der Waals surface area contributed by atoms with Gasteiger partial charge in [0.2, 0.25) is 0 Å². The molecule has 2 aromatic carbocycles. The highest BCUT2D eigenvalue weighted by molar-refractivity contribution is 7.13. The molecule has 3 aromatic rings. The van der Waals surface area contributed by atoms with E-state index in [0.717, 1.165) is 33.1 Å². The molecule has 0 saturated heterocycles. The van der Waals surface area contributed by atoms with E-state index in [0.29, 0.717) is 5.69 Å². The summed E-state index contributed by atoms with van der Waals surface area (Å²) in [6.45, 7) is 2.05. The Morgan fingerprint density at radius 2 is 2.00 bits per heavy atom. The molecule has 0 spiro atoms. The molecule has 2 heterocycles. The summed E-state index contributed by atoms with van der Waals surface area (Å²) in [4.78, 5) is 16.2. The van der Waals surface area contributed by atoms with Gasteiger partial charge in [-0.05, 0) is 24.6 Å². The highest BCUT2D eigenvalue weighted by Gasteiger charge is 2.19. The molecule has 114 valence electrons. The molecule has 5 heteroatoms. The Kier molecular flexibility index (Phi) is 3.35. The van der Waals surface area contributed by atoms with Crippen molar-refractivity contribution in [3.63, 3.8) is 0 Å². The van der Waals surface area contributed by atoms with Crippen molar-refractivity contribution in [2.45, 2.75) is 6.92 Å². The van der Waals surface area contributed by atoms with Gasteiger partial charge in [0.1, 0.15) is 10.8 Å². The van der Waals surface area contributed by atoms with Gasteiger partial charge in [0.05, 0.1) is 11.4 Å². The lowest BCUT2D eigenvalue weighted by Crippen LogP contribution is -2.25. The summed E-state index contributed by atoms with van der Waals surface area (Å²) >= 11 is 1.61. The van der Waals surface area contributed by atoms with Crippen LogP contribution in [0.1, 0.15) is 5.56 Å². The molecule has 0 aliphatic carbocycles. The van der Waals surface area contributed by atoms with Gasteiger partial charge in [-0.1, -0.05) is 30.3 Å². The van der Waals surface area contributed by atoms with Crippen LogP contribution in [0.5, 0.6) is 5.75 Å². The van der Waals surface area contributed by atoms with Gasteiger partial charge in [0.25, 0.3) is 5.91 Å². The number of thiazole rings is 1. The number of anilines is 1. The van der Waals surface area contributed by atoms with Gasteiger partial charge in [-0.2, -0.15) is 0 Å². The zero-order chi connectivity index (χ0) is 15.8. The normalized spacial score (nSPS) is 13.2. The first-order valence-corrected chi connectivity index (χ1v) is 8.17. The van der Waals surface area contributed by atoms with Crippen molar-refractivity contribution >= 4 is 22.9 Å². The van der Waals surface area contributed by atoms with Crippen molar-refractivity contribution in [1.82, 2.24) is 4.98 Å². The maximum absolute atomic E-state index is 11.5. The smallest absolute Gasteiger partial charge is 0.262 e. The minimum atomic E-state index is -0.127. The zero-order valence-corrected chi connectivity index (χ0v) is 13.3. The molecule has 0 bridgehead atoms. The first-order valence-electron chi connectivity index (χ1n) is 7.29. The van der Waals surface area contributed by atoms with Gasteiger partial charge in [-0.15, -0.1) is 11.3 Å². The average Bonchev–Trinajstić information content (AvgIpc) is 3.05. The maximum Gasteiger partial charge on any atom is 0.262 e. The molecule has 0 unspecified atom stereocenters. The number of benzene rings is 2. The molecule has 1 amide bonds. The zero-order valence-electron chi connectivity index (χ0n) is 12.5. The van der Waals surface area contributed by atoms with Gasteiger partial charge >= 0.3 is 0 Å². The second-order valence-electron chi connectivity index (χ2n) is 5.41. The fraction of sp³-hybridized carbons (Fsp3) is 0.111. The Hall–Kier alpha value is -2.66. The molecule has 0 radical (unpaired) electrons. The van der Waals surface area contributed by atoms with Crippen LogP contribution >= 0.6 is 11.3 Å². The number of hydrogen-bond acceptors (Lipinski definition) is 4. The fourth-order valence-electron chi connectivity index (χ4n) is 2.65. The number of rotatable bonds is 2. The summed E-state index contributed by atoms with van der Waals surface area (Å²) in [5, 5.41) is 5.88. The molecule has 1 aromatic heterocycles. The molecule has 1 aliphatic rings. The number of hydrogen-bond donors (Lipinski definition) is 1. The largest absolute Gasteiger partial charge is 0.481 e. The van der Waals surface area contributed by atoms with Crippen LogP contribution in [0.3, 0.4) is 0 Å². The van der Waals surface area contributed by atoms with E-state index >= 15 is 0 Å². The molecule has 4 rings (SSSR count). The Labute approximate surface area is 137 Å². The van der Waals surface area contributed by atoms with Crippen LogP contribution < -0.4 is 10.1 Å². The van der Waals surface area contributed by atoms with Gasteiger partial charge in [-0.3, -0.25) is 4.79 Å². The maximum atomic E-state index is 11.5. The molecule has 23 heavy (non-hydrogen) atoms. The molecule has 0 atom stereocenters. The number of ether oxygens (including phenoxy) is 1. The number of amides is 1. The molecular formula is C18H14N2O2S. The number of carbonyl (C=O) groups is 1. The fourth-order valence-corrected chi connectivity index (χ4v) is 3.49. The number of carbonyl (C=O) groups excluding carboxylic acids is 1. The standard InChI is InChI=1S/C18H14N2O2S/c1-11-7-13(8-14-17(11)22-9-16(21)19-14)15-10-23-18(20-15)12-5-3-2-4-6-12/h2-8,10H,9H2,1H3,(H,19,21). The molecule has 1 N–H and O–H groups in total. The van der Waals surface area contributed by atoms with E-state index in [-0.39, 0.29) is 12.5 Å². The first kappa shape index (κ1) is 14.0. The SMILES string of the molecule is Cc1cc(-c2csc(-c3ccccc3)n2)cc2c1OCC(=O)N2. The van der Waals surface area contributed by atoms with Crippen molar-refractivity contribution < 1.29 is 9.53 Å². The highest BCUT2D eigenvalue weighted by atomic mass is 32.1. The topological polar surface area (TPSA) is 51.2 Å². The third kappa shape index (κ3) is 2.59. The Morgan fingerprint density at radius 1 is 1.17 bits per heavy atom. The van der Waals surface area contributed by atoms with Crippen LogP contribution in [0.2, 0.25) is 0 Å². The van der Waals surface area contributed by atoms with Crippen LogP contribution in [0.15, 0.2) is 47.8 Å². The van der Waals surface area contributed by atoms with E-state index in [1.807, 2.05) is 42.6 Å². The van der Waals surface area contributed by atoms with Crippen LogP contribution in [0.4, 0.5) is 5.69 Å². The Morgan fingerprint density at radius 3 is 2.83 bits per heavy atom. The minimum absolute atomic E-state index is 0.0715. The predicted octanol–water partition coefficient (Wildman–Crippen LogP) is 4.12. The third-order valence-corrected chi connectivity index (χ3v) is 4.61. The van der Waals surface area contributed by atoms with Crippen molar-refractivity contribution in [2.75, 3.05) is 11.9 Å². The lowest BCUT2D eigenvalue weighted by atomic mass is 10.1. The van der Waals surface area contributed by atoms with E-state index in [2.05, 4.69) is 17.4 Å². The number of nitrogens with one attached hydrogen (secondary N) is 1. The predicted molar refractivity (Wildman–Crippen MR) is 91.8 cm³/mol. The first-order chi connectivity index (χ1) is 11.2. The van der Waals surface area contributed by atoms with E-state index in [4.69, 9.17) is 9.72 Å². The second-order valence-corrected chi connectivity index (χ2v) is 6.27. The average molecular weight is 322 g/mol. The lowest BCUT2D eigenvalue weighted by molar-refractivity contribution is -0.118. The number of aromatic nitrogens is 1. The van der Waals surface area contributed by atoms with Gasteiger partial charge < -0.3 is 10.1 Å². The third-order valence-electron chi connectivity index (χ3n) is 3.72. The number of aryl methyl sites for hydroxylation is 1. The summed E-state index contributed by atoms with van der Waals surface area (Å²) in [6, 6.07) is 14.1. The molecule has 1 aliphatic heterocycles. The van der Waals surface area contributed by atoms with Crippen molar-refractivity contribution in [3.05, 3.63) is 53.4 Å². The highest BCUT2D eigenvalue weighted by Crippen LogP contribution is 2.37. The van der Waals surface area contributed by atoms with E-state index < -0.39 is 0 Å². The van der Waals surface area contributed by atoms with Crippen LogP contribution in [0, 0.1) is 6.92 Å². The Bertz CT molecular complexity index is 887.